The Morgan fingerprint density at radius 1 is 1.39 bits per heavy atom. The van der Waals surface area contributed by atoms with Crippen LogP contribution in [0.3, 0.4) is 0 Å². The van der Waals surface area contributed by atoms with Crippen molar-refractivity contribution in [2.75, 3.05) is 26.7 Å². The average Bonchev–Trinajstić information content (AvgIpc) is 3.17. The Bertz CT molecular complexity index is 365. The summed E-state index contributed by atoms with van der Waals surface area (Å²) in [4.78, 5) is 2.33. The van der Waals surface area contributed by atoms with E-state index < -0.39 is 0 Å². The number of nitrogens with zero attached hydrogens (tertiary/aromatic N) is 1. The van der Waals surface area contributed by atoms with Gasteiger partial charge in [-0.25, -0.2) is 0 Å². The Labute approximate surface area is 117 Å². The standard InChI is InChI=1S/C14H21BrN2O/c1-17(14(10-16)11-2-3-11)8-9-18-13-6-4-12(15)5-7-13/h4-7,11,14H,2-3,8-10,16H2,1H3. The molecule has 0 radical (unpaired) electrons. The molecule has 1 atom stereocenters. The molecule has 2 rings (SSSR count). The van der Waals surface area contributed by atoms with E-state index in [0.29, 0.717) is 12.6 Å². The smallest absolute Gasteiger partial charge is 0.119 e. The number of ether oxygens (including phenoxy) is 1. The summed E-state index contributed by atoms with van der Waals surface area (Å²) < 4.78 is 6.80. The minimum atomic E-state index is 0.526. The number of halogens is 1. The molecule has 4 heteroatoms. The first kappa shape index (κ1) is 13.8. The van der Waals surface area contributed by atoms with Crippen LogP contribution in [-0.4, -0.2) is 37.7 Å². The Kier molecular flexibility index (Phi) is 5.03. The normalized spacial score (nSPS) is 16.9. The maximum Gasteiger partial charge on any atom is 0.119 e. The Morgan fingerprint density at radius 2 is 2.06 bits per heavy atom. The molecule has 0 spiro atoms. The predicted octanol–water partition coefficient (Wildman–Crippen LogP) is 2.50. The summed E-state index contributed by atoms with van der Waals surface area (Å²) in [5, 5.41) is 0. The van der Waals surface area contributed by atoms with Crippen molar-refractivity contribution in [2.24, 2.45) is 11.7 Å². The van der Waals surface area contributed by atoms with Crippen LogP contribution in [0.4, 0.5) is 0 Å². The van der Waals surface area contributed by atoms with Crippen LogP contribution >= 0.6 is 15.9 Å². The predicted molar refractivity (Wildman–Crippen MR) is 77.8 cm³/mol. The van der Waals surface area contributed by atoms with E-state index in [1.165, 1.54) is 12.8 Å². The fraction of sp³-hybridized carbons (Fsp3) is 0.571. The maximum atomic E-state index is 5.83. The van der Waals surface area contributed by atoms with Gasteiger partial charge in [-0.2, -0.15) is 0 Å². The monoisotopic (exact) mass is 312 g/mol. The number of likely N-dealkylation sites (N-methyl/N-ethyl adjacent to an activating group) is 1. The van der Waals surface area contributed by atoms with Crippen LogP contribution in [0.5, 0.6) is 5.75 Å². The minimum Gasteiger partial charge on any atom is -0.492 e. The molecule has 1 unspecified atom stereocenters. The Balaban J connectivity index is 1.72. The van der Waals surface area contributed by atoms with E-state index >= 15 is 0 Å². The van der Waals surface area contributed by atoms with E-state index in [4.69, 9.17) is 10.5 Å². The van der Waals surface area contributed by atoms with Gasteiger partial charge < -0.3 is 10.5 Å². The summed E-state index contributed by atoms with van der Waals surface area (Å²) in [5.41, 5.74) is 5.83. The van der Waals surface area contributed by atoms with E-state index in [1.54, 1.807) is 0 Å². The van der Waals surface area contributed by atoms with Crippen molar-refractivity contribution < 1.29 is 4.74 Å². The van der Waals surface area contributed by atoms with Crippen LogP contribution in [0.15, 0.2) is 28.7 Å². The molecule has 3 nitrogen and oxygen atoms in total. The van der Waals surface area contributed by atoms with Gasteiger partial charge in [0.05, 0.1) is 0 Å². The van der Waals surface area contributed by atoms with E-state index in [1.807, 2.05) is 24.3 Å². The maximum absolute atomic E-state index is 5.83. The summed E-state index contributed by atoms with van der Waals surface area (Å²) in [6, 6.07) is 8.47. The molecule has 1 aromatic carbocycles. The molecule has 2 N–H and O–H groups in total. The quantitative estimate of drug-likeness (QED) is 0.840. The van der Waals surface area contributed by atoms with Crippen LogP contribution in [0.1, 0.15) is 12.8 Å². The summed E-state index contributed by atoms with van der Waals surface area (Å²) in [7, 11) is 2.14. The number of nitrogens with two attached hydrogens (primary N) is 1. The zero-order valence-corrected chi connectivity index (χ0v) is 12.4. The summed E-state index contributed by atoms with van der Waals surface area (Å²) in [6.07, 6.45) is 2.67. The van der Waals surface area contributed by atoms with Crippen LogP contribution in [0.25, 0.3) is 0 Å². The van der Waals surface area contributed by atoms with Gasteiger partial charge in [0.15, 0.2) is 0 Å². The second-order valence-corrected chi connectivity index (χ2v) is 5.84. The van der Waals surface area contributed by atoms with Crippen LogP contribution < -0.4 is 10.5 Å². The first-order valence-corrected chi connectivity index (χ1v) is 7.28. The third-order valence-corrected chi connectivity index (χ3v) is 4.03. The molecule has 1 aliphatic carbocycles. The molecule has 0 amide bonds. The SMILES string of the molecule is CN(CCOc1ccc(Br)cc1)C(CN)C1CC1. The van der Waals surface area contributed by atoms with Gasteiger partial charge in [-0.3, -0.25) is 4.90 Å². The van der Waals surface area contributed by atoms with Crippen molar-refractivity contribution in [2.45, 2.75) is 18.9 Å². The number of hydrogen-bond acceptors (Lipinski definition) is 3. The molecule has 0 aliphatic heterocycles. The third-order valence-electron chi connectivity index (χ3n) is 3.50. The first-order chi connectivity index (χ1) is 8.70. The lowest BCUT2D eigenvalue weighted by atomic mass is 10.1. The highest BCUT2D eigenvalue weighted by Crippen LogP contribution is 2.34. The minimum absolute atomic E-state index is 0.526. The molecule has 0 saturated heterocycles. The molecular weight excluding hydrogens is 292 g/mol. The van der Waals surface area contributed by atoms with Gasteiger partial charge in [-0.15, -0.1) is 0 Å². The van der Waals surface area contributed by atoms with E-state index in [9.17, 15) is 0 Å². The topological polar surface area (TPSA) is 38.5 Å². The van der Waals surface area contributed by atoms with Gasteiger partial charge in [0, 0.05) is 23.6 Å². The molecule has 0 bridgehead atoms. The second-order valence-electron chi connectivity index (χ2n) is 4.92. The van der Waals surface area contributed by atoms with E-state index in [-0.39, 0.29) is 0 Å². The lowest BCUT2D eigenvalue weighted by Gasteiger charge is -2.26. The van der Waals surface area contributed by atoms with Crippen molar-refractivity contribution in [1.29, 1.82) is 0 Å². The lowest BCUT2D eigenvalue weighted by Crippen LogP contribution is -2.41. The number of benzene rings is 1. The van der Waals surface area contributed by atoms with E-state index in [0.717, 1.165) is 29.2 Å². The van der Waals surface area contributed by atoms with Gasteiger partial charge in [0.1, 0.15) is 12.4 Å². The van der Waals surface area contributed by atoms with Crippen LogP contribution in [-0.2, 0) is 0 Å². The van der Waals surface area contributed by atoms with Gasteiger partial charge in [-0.1, -0.05) is 15.9 Å². The Hall–Kier alpha value is -0.580. The summed E-state index contributed by atoms with van der Waals surface area (Å²) in [5.74, 6) is 1.73. The van der Waals surface area contributed by atoms with Gasteiger partial charge in [0.25, 0.3) is 0 Å². The fourth-order valence-corrected chi connectivity index (χ4v) is 2.48. The van der Waals surface area contributed by atoms with Crippen LogP contribution in [0.2, 0.25) is 0 Å². The molecule has 18 heavy (non-hydrogen) atoms. The second kappa shape index (κ2) is 6.55. The van der Waals surface area contributed by atoms with Gasteiger partial charge in [0.2, 0.25) is 0 Å². The summed E-state index contributed by atoms with van der Waals surface area (Å²) in [6.45, 7) is 2.38. The highest BCUT2D eigenvalue weighted by atomic mass is 79.9. The van der Waals surface area contributed by atoms with Crippen molar-refractivity contribution in [1.82, 2.24) is 4.90 Å². The van der Waals surface area contributed by atoms with Crippen LogP contribution in [0, 0.1) is 5.92 Å². The highest BCUT2D eigenvalue weighted by molar-refractivity contribution is 9.10. The Morgan fingerprint density at radius 3 is 2.61 bits per heavy atom. The zero-order valence-electron chi connectivity index (χ0n) is 10.8. The van der Waals surface area contributed by atoms with Crippen molar-refractivity contribution in [3.05, 3.63) is 28.7 Å². The van der Waals surface area contributed by atoms with Gasteiger partial charge >= 0.3 is 0 Å². The molecular formula is C14H21BrN2O. The van der Waals surface area contributed by atoms with E-state index in [2.05, 4.69) is 27.9 Å². The van der Waals surface area contributed by atoms with Gasteiger partial charge in [-0.05, 0) is 50.1 Å². The fourth-order valence-electron chi connectivity index (χ4n) is 2.22. The lowest BCUT2D eigenvalue weighted by molar-refractivity contribution is 0.180. The zero-order chi connectivity index (χ0) is 13.0. The molecule has 1 saturated carbocycles. The van der Waals surface area contributed by atoms with Crippen molar-refractivity contribution in [3.8, 4) is 5.75 Å². The third kappa shape index (κ3) is 3.97. The highest BCUT2D eigenvalue weighted by Gasteiger charge is 2.32. The van der Waals surface area contributed by atoms with Crippen molar-refractivity contribution in [3.63, 3.8) is 0 Å². The molecule has 1 aliphatic rings. The molecule has 1 fully saturated rings. The number of rotatable bonds is 7. The van der Waals surface area contributed by atoms with Crippen molar-refractivity contribution >= 4 is 15.9 Å². The molecule has 1 aromatic rings. The molecule has 0 aromatic heterocycles. The first-order valence-electron chi connectivity index (χ1n) is 6.49. The largest absolute Gasteiger partial charge is 0.492 e. The number of hydrogen-bond donors (Lipinski definition) is 1. The summed E-state index contributed by atoms with van der Waals surface area (Å²) >= 11 is 3.41. The molecule has 100 valence electrons. The molecule has 0 heterocycles. The average molecular weight is 313 g/mol.